The zero-order valence-corrected chi connectivity index (χ0v) is 27.2. The number of likely N-dealkylation sites (tertiary alicyclic amines) is 1. The van der Waals surface area contributed by atoms with Gasteiger partial charge in [0.2, 0.25) is 0 Å². The molecule has 8 nitrogen and oxygen atoms in total. The number of sulfone groups is 1. The van der Waals surface area contributed by atoms with Crippen LogP contribution < -0.4 is 5.32 Å². The second-order valence-corrected chi connectivity index (χ2v) is 15.1. The van der Waals surface area contributed by atoms with E-state index >= 15 is 0 Å². The standard InChI is InChI=1S/C33H45F2N5O3S/c1-33(2,3)30(40(19-14-27(21-34)36-4)32(41)38-17-15-28(16-18-38)44(5,42)43)31-37-29(25-12-9-13-26(35)20-25)23-39(31)22-24-10-7-6-8-11-24/h6-13,20,23,27-28,30,36H,14-19,21-22H2,1-5H3/t27-,30+/m1/s1. The molecule has 0 aliphatic carbocycles. The second kappa shape index (κ2) is 14.2. The fraction of sp³-hybridized carbons (Fsp3) is 0.515. The maximum absolute atomic E-state index is 14.4. The van der Waals surface area contributed by atoms with Crippen LogP contribution in [0.1, 0.15) is 57.5 Å². The Hall–Kier alpha value is -3.31. The summed E-state index contributed by atoms with van der Waals surface area (Å²) in [6.45, 7) is 6.92. The molecule has 0 unspecified atom stereocenters. The van der Waals surface area contributed by atoms with Gasteiger partial charge in [-0.2, -0.15) is 0 Å². The molecule has 4 rings (SSSR count). The van der Waals surface area contributed by atoms with Gasteiger partial charge in [-0.1, -0.05) is 63.2 Å². The van der Waals surface area contributed by atoms with Crippen molar-refractivity contribution in [3.63, 3.8) is 0 Å². The Morgan fingerprint density at radius 3 is 2.36 bits per heavy atom. The van der Waals surface area contributed by atoms with Crippen molar-refractivity contribution in [2.45, 2.75) is 63.9 Å². The Kier molecular flexibility index (Phi) is 10.8. The number of hydrogen-bond donors (Lipinski definition) is 1. The average Bonchev–Trinajstić information content (AvgIpc) is 3.38. The molecule has 1 N–H and O–H groups in total. The van der Waals surface area contributed by atoms with Crippen LogP contribution in [0.25, 0.3) is 11.3 Å². The number of amides is 2. The number of carbonyl (C=O) groups is 1. The molecular formula is C33H45F2N5O3S. The van der Waals surface area contributed by atoms with Gasteiger partial charge in [0, 0.05) is 50.2 Å². The van der Waals surface area contributed by atoms with Crippen molar-refractivity contribution in [2.75, 3.05) is 39.6 Å². The molecule has 1 aromatic heterocycles. The highest BCUT2D eigenvalue weighted by atomic mass is 32.2. The Balaban J connectivity index is 1.80. The molecule has 1 fully saturated rings. The van der Waals surface area contributed by atoms with E-state index in [0.29, 0.717) is 56.0 Å². The molecule has 0 radical (unpaired) electrons. The predicted octanol–water partition coefficient (Wildman–Crippen LogP) is 5.70. The van der Waals surface area contributed by atoms with Crippen molar-refractivity contribution in [1.82, 2.24) is 24.7 Å². The lowest BCUT2D eigenvalue weighted by molar-refractivity contribution is 0.0763. The fourth-order valence-electron chi connectivity index (χ4n) is 5.92. The molecule has 2 aromatic carbocycles. The van der Waals surface area contributed by atoms with Gasteiger partial charge in [-0.25, -0.2) is 27.0 Å². The number of benzene rings is 2. The van der Waals surface area contributed by atoms with Gasteiger partial charge < -0.3 is 19.7 Å². The van der Waals surface area contributed by atoms with Crippen LogP contribution in [0.5, 0.6) is 0 Å². The first kappa shape index (κ1) is 33.6. The first-order valence-electron chi connectivity index (χ1n) is 15.2. The van der Waals surface area contributed by atoms with E-state index in [9.17, 15) is 22.0 Å². The van der Waals surface area contributed by atoms with Crippen molar-refractivity contribution in [2.24, 2.45) is 5.41 Å². The minimum absolute atomic E-state index is 0.229. The van der Waals surface area contributed by atoms with E-state index < -0.39 is 39.3 Å². The largest absolute Gasteiger partial charge is 0.328 e. The second-order valence-electron chi connectivity index (χ2n) is 12.8. The van der Waals surface area contributed by atoms with Crippen LogP contribution in [0.15, 0.2) is 60.8 Å². The summed E-state index contributed by atoms with van der Waals surface area (Å²) in [6, 6.07) is 15.0. The van der Waals surface area contributed by atoms with Crippen molar-refractivity contribution in [3.05, 3.63) is 78.0 Å². The van der Waals surface area contributed by atoms with E-state index in [2.05, 4.69) is 5.32 Å². The monoisotopic (exact) mass is 629 g/mol. The highest BCUT2D eigenvalue weighted by molar-refractivity contribution is 7.91. The van der Waals surface area contributed by atoms with E-state index in [0.717, 1.165) is 5.56 Å². The van der Waals surface area contributed by atoms with Gasteiger partial charge in [-0.05, 0) is 49.4 Å². The number of hydrogen-bond acceptors (Lipinski definition) is 5. The summed E-state index contributed by atoms with van der Waals surface area (Å²) in [5.41, 5.74) is 1.74. The minimum Gasteiger partial charge on any atom is -0.328 e. The molecular weight excluding hydrogens is 584 g/mol. The number of nitrogens with one attached hydrogen (secondary N) is 1. The van der Waals surface area contributed by atoms with Crippen molar-refractivity contribution < 1.29 is 22.0 Å². The molecule has 44 heavy (non-hydrogen) atoms. The Morgan fingerprint density at radius 2 is 1.80 bits per heavy atom. The Bertz CT molecular complexity index is 1500. The summed E-state index contributed by atoms with van der Waals surface area (Å²) >= 11 is 0. The smallest absolute Gasteiger partial charge is 0.320 e. The Morgan fingerprint density at radius 1 is 1.11 bits per heavy atom. The number of urea groups is 1. The van der Waals surface area contributed by atoms with Crippen LogP contribution in [0.3, 0.4) is 0 Å². The topological polar surface area (TPSA) is 87.5 Å². The third kappa shape index (κ3) is 8.24. The molecule has 11 heteroatoms. The number of halogens is 2. The molecule has 1 saturated heterocycles. The normalized spacial score (nSPS) is 16.1. The van der Waals surface area contributed by atoms with E-state index in [4.69, 9.17) is 4.98 Å². The first-order valence-corrected chi connectivity index (χ1v) is 17.1. The molecule has 3 aromatic rings. The first-order chi connectivity index (χ1) is 20.8. The van der Waals surface area contributed by atoms with Crippen LogP contribution in [0.4, 0.5) is 13.6 Å². The van der Waals surface area contributed by atoms with Crippen LogP contribution >= 0.6 is 0 Å². The molecule has 2 amide bonds. The summed E-state index contributed by atoms with van der Waals surface area (Å²) in [4.78, 5) is 22.9. The molecule has 0 spiro atoms. The molecule has 1 aliphatic heterocycles. The van der Waals surface area contributed by atoms with Gasteiger partial charge in [0.15, 0.2) is 0 Å². The number of nitrogens with zero attached hydrogens (tertiary/aromatic N) is 4. The number of carbonyl (C=O) groups excluding carboxylic acids is 1. The maximum atomic E-state index is 14.4. The molecule has 0 saturated carbocycles. The van der Waals surface area contributed by atoms with Gasteiger partial charge in [0.25, 0.3) is 0 Å². The van der Waals surface area contributed by atoms with E-state index in [1.54, 1.807) is 22.9 Å². The summed E-state index contributed by atoms with van der Waals surface area (Å²) in [6.07, 6.45) is 4.26. The Labute approximate surface area is 260 Å². The lowest BCUT2D eigenvalue weighted by atomic mass is 9.84. The summed E-state index contributed by atoms with van der Waals surface area (Å²) < 4.78 is 54.5. The lowest BCUT2D eigenvalue weighted by Crippen LogP contribution is -2.52. The van der Waals surface area contributed by atoms with Gasteiger partial charge >= 0.3 is 6.03 Å². The van der Waals surface area contributed by atoms with Gasteiger partial charge in [0.05, 0.1) is 17.0 Å². The summed E-state index contributed by atoms with van der Waals surface area (Å²) in [5.74, 6) is 0.272. The lowest BCUT2D eigenvalue weighted by Gasteiger charge is -2.43. The number of piperidine rings is 1. The summed E-state index contributed by atoms with van der Waals surface area (Å²) in [7, 11) is -1.51. The zero-order chi connectivity index (χ0) is 32.1. The van der Waals surface area contributed by atoms with Gasteiger partial charge in [0.1, 0.15) is 28.2 Å². The van der Waals surface area contributed by atoms with Gasteiger partial charge in [-0.3, -0.25) is 0 Å². The number of imidazole rings is 1. The number of alkyl halides is 1. The molecule has 0 bridgehead atoms. The summed E-state index contributed by atoms with van der Waals surface area (Å²) in [5, 5.41) is 2.52. The number of aromatic nitrogens is 2. The molecule has 2 heterocycles. The van der Waals surface area contributed by atoms with Crippen LogP contribution in [0.2, 0.25) is 0 Å². The number of rotatable bonds is 11. The highest BCUT2D eigenvalue weighted by Crippen LogP contribution is 2.40. The maximum Gasteiger partial charge on any atom is 0.320 e. The van der Waals surface area contributed by atoms with Gasteiger partial charge in [-0.15, -0.1) is 0 Å². The van der Waals surface area contributed by atoms with E-state index in [1.165, 1.54) is 18.4 Å². The minimum atomic E-state index is -3.21. The highest BCUT2D eigenvalue weighted by Gasteiger charge is 2.41. The quantitative estimate of drug-likeness (QED) is 0.294. The van der Waals surface area contributed by atoms with E-state index in [-0.39, 0.29) is 18.4 Å². The molecule has 2 atom stereocenters. The van der Waals surface area contributed by atoms with Crippen molar-refractivity contribution in [3.8, 4) is 11.3 Å². The predicted molar refractivity (Wildman–Crippen MR) is 170 cm³/mol. The van der Waals surface area contributed by atoms with Crippen LogP contribution in [-0.4, -0.2) is 84.7 Å². The van der Waals surface area contributed by atoms with E-state index in [1.807, 2.05) is 67.9 Å². The average molecular weight is 630 g/mol. The molecule has 240 valence electrons. The molecule has 1 aliphatic rings. The van der Waals surface area contributed by atoms with Crippen LogP contribution in [0, 0.1) is 11.2 Å². The SMILES string of the molecule is CN[C@@H](CF)CCN(C(=O)N1CCC(S(C)(=O)=O)CC1)[C@@H](c1nc(-c2cccc(F)c2)cn1Cc1ccccc1)C(C)(C)C. The fourth-order valence-corrected chi connectivity index (χ4v) is 6.99. The third-order valence-electron chi connectivity index (χ3n) is 8.38. The van der Waals surface area contributed by atoms with Crippen molar-refractivity contribution >= 4 is 15.9 Å². The zero-order valence-electron chi connectivity index (χ0n) is 26.3. The third-order valence-corrected chi connectivity index (χ3v) is 10.1. The van der Waals surface area contributed by atoms with Crippen molar-refractivity contribution in [1.29, 1.82) is 0 Å². The van der Waals surface area contributed by atoms with Crippen LogP contribution in [-0.2, 0) is 16.4 Å².